The van der Waals surface area contributed by atoms with Gasteiger partial charge in [-0.3, -0.25) is 14.5 Å². The predicted molar refractivity (Wildman–Crippen MR) is 68.9 cm³/mol. The first kappa shape index (κ1) is 16.6. The van der Waals surface area contributed by atoms with Crippen LogP contribution in [-0.2, 0) is 14.4 Å². The summed E-state index contributed by atoms with van der Waals surface area (Å²) in [5.74, 6) is -0.361. The van der Waals surface area contributed by atoms with Crippen LogP contribution >= 0.6 is 0 Å². The summed E-state index contributed by atoms with van der Waals surface area (Å²) in [7, 11) is 0. The molecule has 6 nitrogen and oxygen atoms in total. The van der Waals surface area contributed by atoms with Crippen molar-refractivity contribution in [2.75, 3.05) is 26.2 Å². The second-order valence-corrected chi connectivity index (χ2v) is 4.12. The molecule has 2 amide bonds. The molecule has 0 aromatic heterocycles. The van der Waals surface area contributed by atoms with Crippen molar-refractivity contribution in [2.24, 2.45) is 5.73 Å². The van der Waals surface area contributed by atoms with Gasteiger partial charge in [-0.25, -0.2) is 0 Å². The lowest BCUT2D eigenvalue weighted by molar-refractivity contribution is -0.122. The van der Waals surface area contributed by atoms with Gasteiger partial charge in [0, 0.05) is 13.0 Å². The number of likely N-dealkylation sites (N-methyl/N-ethyl adjacent to an activating group) is 1. The average Bonchev–Trinajstić information content (AvgIpc) is 2.32. The van der Waals surface area contributed by atoms with E-state index in [0.29, 0.717) is 19.5 Å². The first-order valence-corrected chi connectivity index (χ1v) is 6.31. The van der Waals surface area contributed by atoms with E-state index in [1.54, 1.807) is 4.90 Å². The molecule has 0 saturated carbocycles. The van der Waals surface area contributed by atoms with Gasteiger partial charge in [0.25, 0.3) is 0 Å². The third-order valence-corrected chi connectivity index (χ3v) is 2.57. The standard InChI is InChI=1S/C12H23N3O3/c1-2-15(8-9-16)10-12(18)14-7-5-3-4-6-11(13)17/h9H,2-8,10H2,1H3,(H2,13,17)(H,14,18). The van der Waals surface area contributed by atoms with Crippen LogP contribution in [0.25, 0.3) is 0 Å². The van der Waals surface area contributed by atoms with Gasteiger partial charge in [0.1, 0.15) is 6.29 Å². The first-order chi connectivity index (χ1) is 8.60. The molecule has 3 N–H and O–H groups in total. The predicted octanol–water partition coefficient (Wildman–Crippen LogP) is -0.331. The molecule has 0 aromatic rings. The van der Waals surface area contributed by atoms with E-state index in [1.807, 2.05) is 6.92 Å². The van der Waals surface area contributed by atoms with Gasteiger partial charge in [0.2, 0.25) is 11.8 Å². The van der Waals surface area contributed by atoms with Gasteiger partial charge in [-0.05, 0) is 19.4 Å². The van der Waals surface area contributed by atoms with E-state index in [0.717, 1.165) is 25.5 Å². The molecule has 0 aliphatic heterocycles. The molecule has 0 heterocycles. The number of nitrogens with one attached hydrogen (secondary N) is 1. The maximum atomic E-state index is 11.5. The van der Waals surface area contributed by atoms with Crippen LogP contribution in [0.4, 0.5) is 0 Å². The normalized spacial score (nSPS) is 10.3. The van der Waals surface area contributed by atoms with Crippen molar-refractivity contribution in [2.45, 2.75) is 32.6 Å². The number of rotatable bonds is 11. The van der Waals surface area contributed by atoms with Crippen molar-refractivity contribution in [1.29, 1.82) is 0 Å². The Labute approximate surface area is 108 Å². The van der Waals surface area contributed by atoms with E-state index in [1.165, 1.54) is 0 Å². The summed E-state index contributed by atoms with van der Waals surface area (Å²) in [5, 5.41) is 2.78. The molecule has 0 bridgehead atoms. The molecular formula is C12H23N3O3. The Morgan fingerprint density at radius 3 is 2.56 bits per heavy atom. The lowest BCUT2D eigenvalue weighted by Gasteiger charge is -2.16. The Morgan fingerprint density at radius 1 is 1.28 bits per heavy atom. The molecule has 0 atom stereocenters. The van der Waals surface area contributed by atoms with Crippen molar-refractivity contribution in [3.8, 4) is 0 Å². The number of hydrogen-bond donors (Lipinski definition) is 2. The van der Waals surface area contributed by atoms with Crippen molar-refractivity contribution >= 4 is 18.1 Å². The third kappa shape index (κ3) is 9.77. The summed E-state index contributed by atoms with van der Waals surface area (Å²) in [4.78, 5) is 34.1. The lowest BCUT2D eigenvalue weighted by atomic mass is 10.2. The topological polar surface area (TPSA) is 92.5 Å². The monoisotopic (exact) mass is 257 g/mol. The van der Waals surface area contributed by atoms with E-state index < -0.39 is 0 Å². The highest BCUT2D eigenvalue weighted by atomic mass is 16.2. The number of hydrogen-bond acceptors (Lipinski definition) is 4. The highest BCUT2D eigenvalue weighted by Crippen LogP contribution is 1.97. The van der Waals surface area contributed by atoms with Crippen molar-refractivity contribution < 1.29 is 14.4 Å². The minimum absolute atomic E-state index is 0.0754. The SMILES string of the molecule is CCN(CC=O)CC(=O)NCCCCCC(N)=O. The number of nitrogens with zero attached hydrogens (tertiary/aromatic N) is 1. The molecule has 104 valence electrons. The molecule has 0 spiro atoms. The second-order valence-electron chi connectivity index (χ2n) is 4.12. The smallest absolute Gasteiger partial charge is 0.234 e. The summed E-state index contributed by atoms with van der Waals surface area (Å²) in [6.07, 6.45) is 3.66. The van der Waals surface area contributed by atoms with Crippen molar-refractivity contribution in [3.63, 3.8) is 0 Å². The summed E-state index contributed by atoms with van der Waals surface area (Å²) in [6, 6.07) is 0. The maximum absolute atomic E-state index is 11.5. The zero-order chi connectivity index (χ0) is 13.8. The molecule has 0 saturated heterocycles. The van der Waals surface area contributed by atoms with Crippen LogP contribution < -0.4 is 11.1 Å². The van der Waals surface area contributed by atoms with Gasteiger partial charge in [0.15, 0.2) is 0 Å². The van der Waals surface area contributed by atoms with Gasteiger partial charge in [-0.2, -0.15) is 0 Å². The van der Waals surface area contributed by atoms with Crippen LogP contribution in [-0.4, -0.2) is 49.2 Å². The van der Waals surface area contributed by atoms with Crippen LogP contribution in [0.5, 0.6) is 0 Å². The number of carbonyl (C=O) groups excluding carboxylic acids is 3. The Morgan fingerprint density at radius 2 is 2.00 bits per heavy atom. The molecule has 0 unspecified atom stereocenters. The van der Waals surface area contributed by atoms with Gasteiger partial charge in [-0.15, -0.1) is 0 Å². The highest BCUT2D eigenvalue weighted by molar-refractivity contribution is 5.78. The summed E-state index contributed by atoms with van der Waals surface area (Å²) in [6.45, 7) is 3.70. The number of primary amides is 1. The van der Waals surface area contributed by atoms with E-state index in [2.05, 4.69) is 5.32 Å². The van der Waals surface area contributed by atoms with E-state index >= 15 is 0 Å². The molecule has 18 heavy (non-hydrogen) atoms. The number of aldehydes is 1. The molecule has 0 radical (unpaired) electrons. The van der Waals surface area contributed by atoms with Crippen LogP contribution in [0.2, 0.25) is 0 Å². The Kier molecular flexibility index (Phi) is 9.86. The molecule has 0 rings (SSSR count). The number of nitrogens with two attached hydrogens (primary N) is 1. The van der Waals surface area contributed by atoms with Crippen LogP contribution in [0.1, 0.15) is 32.6 Å². The third-order valence-electron chi connectivity index (χ3n) is 2.57. The van der Waals surface area contributed by atoms with Crippen LogP contribution in [0.3, 0.4) is 0 Å². The largest absolute Gasteiger partial charge is 0.370 e. The Balaban J connectivity index is 3.52. The fraction of sp³-hybridized carbons (Fsp3) is 0.750. The molecule has 0 fully saturated rings. The molecule has 0 aliphatic carbocycles. The summed E-state index contributed by atoms with van der Waals surface area (Å²) >= 11 is 0. The number of unbranched alkanes of at least 4 members (excludes halogenated alkanes) is 2. The van der Waals surface area contributed by atoms with E-state index in [9.17, 15) is 14.4 Å². The molecule has 0 aliphatic rings. The van der Waals surface area contributed by atoms with Crippen molar-refractivity contribution in [1.82, 2.24) is 10.2 Å². The maximum Gasteiger partial charge on any atom is 0.234 e. The van der Waals surface area contributed by atoms with E-state index in [4.69, 9.17) is 5.73 Å². The fourth-order valence-corrected chi connectivity index (χ4v) is 1.50. The molecular weight excluding hydrogens is 234 g/mol. The summed E-state index contributed by atoms with van der Waals surface area (Å²) in [5.41, 5.74) is 5.01. The second kappa shape index (κ2) is 10.7. The minimum Gasteiger partial charge on any atom is -0.370 e. The first-order valence-electron chi connectivity index (χ1n) is 6.31. The minimum atomic E-state index is -0.286. The quantitative estimate of drug-likeness (QED) is 0.391. The Hall–Kier alpha value is -1.43. The van der Waals surface area contributed by atoms with Gasteiger partial charge in [0.05, 0.1) is 13.1 Å². The van der Waals surface area contributed by atoms with Gasteiger partial charge < -0.3 is 15.8 Å². The zero-order valence-corrected chi connectivity index (χ0v) is 11.0. The molecule has 6 heteroatoms. The number of amides is 2. The highest BCUT2D eigenvalue weighted by Gasteiger charge is 2.07. The van der Waals surface area contributed by atoms with Crippen LogP contribution in [0, 0.1) is 0 Å². The summed E-state index contributed by atoms with van der Waals surface area (Å²) < 4.78 is 0. The zero-order valence-electron chi connectivity index (χ0n) is 11.0. The van der Waals surface area contributed by atoms with Gasteiger partial charge >= 0.3 is 0 Å². The van der Waals surface area contributed by atoms with Gasteiger partial charge in [-0.1, -0.05) is 13.3 Å². The Bertz CT molecular complexity index is 269. The van der Waals surface area contributed by atoms with E-state index in [-0.39, 0.29) is 24.9 Å². The fourth-order valence-electron chi connectivity index (χ4n) is 1.50. The van der Waals surface area contributed by atoms with Crippen LogP contribution in [0.15, 0.2) is 0 Å². The lowest BCUT2D eigenvalue weighted by Crippen LogP contribution is -2.38. The average molecular weight is 257 g/mol. The van der Waals surface area contributed by atoms with Crippen molar-refractivity contribution in [3.05, 3.63) is 0 Å². The number of carbonyl (C=O) groups is 3. The molecule has 0 aromatic carbocycles.